The summed E-state index contributed by atoms with van der Waals surface area (Å²) in [5.74, 6) is 1.02. The van der Waals surface area contributed by atoms with Crippen molar-refractivity contribution < 1.29 is 9.18 Å². The molecule has 0 spiro atoms. The molecule has 1 amide bonds. The van der Waals surface area contributed by atoms with Crippen LogP contribution in [0.15, 0.2) is 42.6 Å². The lowest BCUT2D eigenvalue weighted by Crippen LogP contribution is -2.52. The third kappa shape index (κ3) is 3.99. The lowest BCUT2D eigenvalue weighted by Gasteiger charge is -2.40. The molecule has 2 aliphatic rings. The number of para-hydroxylation sites is 1. The average Bonchev–Trinajstić information content (AvgIpc) is 3.19. The summed E-state index contributed by atoms with van der Waals surface area (Å²) in [5, 5.41) is 1.19. The minimum atomic E-state index is -0.199. The summed E-state index contributed by atoms with van der Waals surface area (Å²) in [6.45, 7) is 6.38. The Labute approximate surface area is 186 Å². The van der Waals surface area contributed by atoms with Crippen LogP contribution in [0.1, 0.15) is 17.7 Å². The molecule has 31 heavy (non-hydrogen) atoms. The Hall–Kier alpha value is -2.67. The molecule has 1 aromatic carbocycles. The van der Waals surface area contributed by atoms with Crippen molar-refractivity contribution >= 4 is 38.8 Å². The van der Waals surface area contributed by atoms with Gasteiger partial charge in [0.1, 0.15) is 11.6 Å². The molecule has 0 radical (unpaired) electrons. The van der Waals surface area contributed by atoms with E-state index in [4.69, 9.17) is 0 Å². The van der Waals surface area contributed by atoms with Crippen molar-refractivity contribution in [3.8, 4) is 0 Å². The second kappa shape index (κ2) is 8.46. The summed E-state index contributed by atoms with van der Waals surface area (Å²) >= 11 is 1.79. The summed E-state index contributed by atoms with van der Waals surface area (Å²) in [7, 11) is 0. The Kier molecular flexibility index (Phi) is 5.52. The SMILES string of the molecule is Cc1cc2c(N3CCC[C@@H](C(=O)N4CCN(c5ccccc5F)CC4)C3)nccc2s1. The van der Waals surface area contributed by atoms with Crippen LogP contribution in [0.3, 0.4) is 0 Å². The maximum absolute atomic E-state index is 14.1. The number of pyridine rings is 1. The van der Waals surface area contributed by atoms with Crippen molar-refractivity contribution in [3.05, 3.63) is 53.3 Å². The van der Waals surface area contributed by atoms with Gasteiger partial charge >= 0.3 is 0 Å². The molecule has 2 aromatic heterocycles. The number of fused-ring (bicyclic) bond motifs is 1. The zero-order valence-corrected chi connectivity index (χ0v) is 18.6. The molecule has 0 aliphatic carbocycles. The first-order chi connectivity index (χ1) is 15.1. The molecule has 4 heterocycles. The number of hydrogen-bond acceptors (Lipinski definition) is 5. The van der Waals surface area contributed by atoms with Crippen LogP contribution in [0, 0.1) is 18.7 Å². The Morgan fingerprint density at radius 3 is 2.71 bits per heavy atom. The molecule has 162 valence electrons. The molecule has 3 aromatic rings. The molecule has 0 bridgehead atoms. The van der Waals surface area contributed by atoms with E-state index < -0.39 is 0 Å². The van der Waals surface area contributed by atoms with Gasteiger partial charge in [0.05, 0.1) is 11.6 Å². The quantitative estimate of drug-likeness (QED) is 0.611. The number of piperazine rings is 1. The first kappa shape index (κ1) is 20.2. The van der Waals surface area contributed by atoms with Crippen LogP contribution < -0.4 is 9.80 Å². The number of piperidine rings is 1. The zero-order valence-electron chi connectivity index (χ0n) is 17.8. The van der Waals surface area contributed by atoms with Crippen LogP contribution in [-0.2, 0) is 4.79 Å². The predicted molar refractivity (Wildman–Crippen MR) is 124 cm³/mol. The lowest BCUT2D eigenvalue weighted by atomic mass is 9.96. The van der Waals surface area contributed by atoms with Gasteiger partial charge in [0.25, 0.3) is 0 Å². The molecule has 7 heteroatoms. The van der Waals surface area contributed by atoms with E-state index in [2.05, 4.69) is 28.9 Å². The van der Waals surface area contributed by atoms with Gasteiger partial charge in [-0.2, -0.15) is 0 Å². The van der Waals surface area contributed by atoms with E-state index in [0.29, 0.717) is 38.4 Å². The van der Waals surface area contributed by atoms with Crippen molar-refractivity contribution in [3.63, 3.8) is 0 Å². The topological polar surface area (TPSA) is 39.7 Å². The average molecular weight is 439 g/mol. The first-order valence-electron chi connectivity index (χ1n) is 11.0. The fourth-order valence-electron chi connectivity index (χ4n) is 4.83. The molecule has 2 saturated heterocycles. The number of nitrogens with zero attached hydrogens (tertiary/aromatic N) is 4. The number of carbonyl (C=O) groups excluding carboxylic acids is 1. The molecule has 5 rings (SSSR count). The van der Waals surface area contributed by atoms with E-state index in [1.54, 1.807) is 17.4 Å². The molecule has 0 N–H and O–H groups in total. The van der Waals surface area contributed by atoms with Gasteiger partial charge in [-0.25, -0.2) is 9.37 Å². The number of hydrogen-bond donors (Lipinski definition) is 0. The Balaban J connectivity index is 1.25. The number of rotatable bonds is 3. The zero-order chi connectivity index (χ0) is 21.4. The number of aryl methyl sites for hydroxylation is 1. The van der Waals surface area contributed by atoms with Gasteiger partial charge in [0, 0.05) is 60.4 Å². The summed E-state index contributed by atoms with van der Waals surface area (Å²) < 4.78 is 15.4. The summed E-state index contributed by atoms with van der Waals surface area (Å²) in [6, 6.07) is 11.1. The second-order valence-electron chi connectivity index (χ2n) is 8.45. The van der Waals surface area contributed by atoms with Gasteiger partial charge in [-0.15, -0.1) is 11.3 Å². The fraction of sp³-hybridized carbons (Fsp3) is 0.417. The molecule has 0 saturated carbocycles. The van der Waals surface area contributed by atoms with E-state index in [-0.39, 0.29) is 17.6 Å². The van der Waals surface area contributed by atoms with Gasteiger partial charge in [0.2, 0.25) is 5.91 Å². The highest BCUT2D eigenvalue weighted by atomic mass is 32.1. The first-order valence-corrected chi connectivity index (χ1v) is 11.8. The van der Waals surface area contributed by atoms with Crippen molar-refractivity contribution in [2.45, 2.75) is 19.8 Å². The highest BCUT2D eigenvalue weighted by Gasteiger charge is 2.32. The number of anilines is 2. The highest BCUT2D eigenvalue weighted by molar-refractivity contribution is 7.19. The Morgan fingerprint density at radius 1 is 1.10 bits per heavy atom. The predicted octanol–water partition coefficient (Wildman–Crippen LogP) is 4.31. The summed E-state index contributed by atoms with van der Waals surface area (Å²) in [6.07, 6.45) is 3.79. The smallest absolute Gasteiger partial charge is 0.227 e. The van der Waals surface area contributed by atoms with Gasteiger partial charge < -0.3 is 14.7 Å². The Bertz CT molecular complexity index is 1090. The maximum atomic E-state index is 14.1. The van der Waals surface area contributed by atoms with Gasteiger partial charge in [-0.05, 0) is 44.0 Å². The normalized spacial score (nSPS) is 19.8. The summed E-state index contributed by atoms with van der Waals surface area (Å²) in [4.78, 5) is 25.5. The number of thiophene rings is 1. The third-order valence-electron chi connectivity index (χ3n) is 6.40. The van der Waals surface area contributed by atoms with Crippen LogP contribution in [-0.4, -0.2) is 55.1 Å². The van der Waals surface area contributed by atoms with E-state index >= 15 is 0 Å². The van der Waals surface area contributed by atoms with Gasteiger partial charge in [0.15, 0.2) is 0 Å². The van der Waals surface area contributed by atoms with Crippen LogP contribution >= 0.6 is 11.3 Å². The van der Waals surface area contributed by atoms with E-state index in [0.717, 1.165) is 25.2 Å². The molecular weight excluding hydrogens is 411 g/mol. The van der Waals surface area contributed by atoms with Crippen LogP contribution in [0.4, 0.5) is 15.9 Å². The van der Waals surface area contributed by atoms with Gasteiger partial charge in [-0.1, -0.05) is 12.1 Å². The molecule has 5 nitrogen and oxygen atoms in total. The lowest BCUT2D eigenvalue weighted by molar-refractivity contribution is -0.136. The van der Waals surface area contributed by atoms with Crippen molar-refractivity contribution in [2.24, 2.45) is 5.92 Å². The largest absolute Gasteiger partial charge is 0.366 e. The van der Waals surface area contributed by atoms with Crippen molar-refractivity contribution in [2.75, 3.05) is 49.1 Å². The summed E-state index contributed by atoms with van der Waals surface area (Å²) in [5.41, 5.74) is 0.628. The Morgan fingerprint density at radius 2 is 1.90 bits per heavy atom. The van der Waals surface area contributed by atoms with Crippen LogP contribution in [0.5, 0.6) is 0 Å². The van der Waals surface area contributed by atoms with Crippen LogP contribution in [0.25, 0.3) is 10.1 Å². The third-order valence-corrected chi connectivity index (χ3v) is 7.42. The number of halogens is 1. The molecule has 2 aliphatic heterocycles. The van der Waals surface area contributed by atoms with Gasteiger partial charge in [-0.3, -0.25) is 4.79 Å². The molecule has 0 unspecified atom stereocenters. The fourth-order valence-corrected chi connectivity index (χ4v) is 5.75. The van der Waals surface area contributed by atoms with Crippen molar-refractivity contribution in [1.29, 1.82) is 0 Å². The second-order valence-corrected chi connectivity index (χ2v) is 9.74. The number of benzene rings is 1. The van der Waals surface area contributed by atoms with E-state index in [1.165, 1.54) is 21.0 Å². The van der Waals surface area contributed by atoms with Crippen molar-refractivity contribution in [1.82, 2.24) is 9.88 Å². The van der Waals surface area contributed by atoms with Crippen LogP contribution in [0.2, 0.25) is 0 Å². The number of aromatic nitrogens is 1. The number of amides is 1. The monoisotopic (exact) mass is 438 g/mol. The highest BCUT2D eigenvalue weighted by Crippen LogP contribution is 2.33. The number of carbonyl (C=O) groups is 1. The molecule has 2 fully saturated rings. The molecular formula is C24H27FN4OS. The minimum absolute atomic E-state index is 0.00875. The maximum Gasteiger partial charge on any atom is 0.227 e. The minimum Gasteiger partial charge on any atom is -0.366 e. The molecule has 1 atom stereocenters. The van der Waals surface area contributed by atoms with E-state index in [1.807, 2.05) is 28.1 Å². The van der Waals surface area contributed by atoms with E-state index in [9.17, 15) is 9.18 Å². The standard InChI is InChI=1S/C24H27FN4OS/c1-17-15-19-22(31-17)8-9-26-23(19)29-10-4-5-18(16-29)24(30)28-13-11-27(12-14-28)21-7-3-2-6-20(21)25/h2-3,6-9,15,18H,4-5,10-14,16H2,1H3/t18-/m1/s1.